The van der Waals surface area contributed by atoms with E-state index in [0.29, 0.717) is 5.54 Å². The van der Waals surface area contributed by atoms with Crippen LogP contribution < -0.4 is 5.32 Å². The van der Waals surface area contributed by atoms with Gasteiger partial charge in [0.1, 0.15) is 0 Å². The molecule has 3 aliphatic rings. The van der Waals surface area contributed by atoms with Crippen molar-refractivity contribution in [2.75, 3.05) is 13.1 Å². The fourth-order valence-corrected chi connectivity index (χ4v) is 4.13. The van der Waals surface area contributed by atoms with Crippen molar-refractivity contribution in [3.8, 4) is 0 Å². The first-order valence-electron chi connectivity index (χ1n) is 8.37. The lowest BCUT2D eigenvalue weighted by Crippen LogP contribution is -2.64. The molecule has 1 heterocycles. The van der Waals surface area contributed by atoms with Gasteiger partial charge < -0.3 is 5.32 Å². The molecule has 21 heavy (non-hydrogen) atoms. The maximum Gasteiger partial charge on any atom is 0.0406 e. The van der Waals surface area contributed by atoms with E-state index < -0.39 is 0 Å². The second kappa shape index (κ2) is 5.26. The molecule has 3 heteroatoms. The highest BCUT2D eigenvalue weighted by molar-refractivity contribution is 6.30. The number of benzene rings is 1. The Morgan fingerprint density at radius 2 is 1.90 bits per heavy atom. The van der Waals surface area contributed by atoms with Crippen LogP contribution in [0.4, 0.5) is 0 Å². The maximum absolute atomic E-state index is 6.02. The zero-order chi connectivity index (χ0) is 14.4. The van der Waals surface area contributed by atoms with E-state index in [0.717, 1.165) is 29.4 Å². The largest absolute Gasteiger partial charge is 0.308 e. The van der Waals surface area contributed by atoms with Gasteiger partial charge >= 0.3 is 0 Å². The van der Waals surface area contributed by atoms with Crippen LogP contribution in [0.5, 0.6) is 0 Å². The van der Waals surface area contributed by atoms with E-state index in [1.807, 2.05) is 12.1 Å². The van der Waals surface area contributed by atoms with Crippen LogP contribution in [0.15, 0.2) is 24.3 Å². The van der Waals surface area contributed by atoms with E-state index in [-0.39, 0.29) is 0 Å². The minimum atomic E-state index is 0.331. The van der Waals surface area contributed by atoms with Crippen molar-refractivity contribution in [1.82, 2.24) is 10.2 Å². The number of hydrogen-bond acceptors (Lipinski definition) is 2. The molecular formula is C18H25ClN2. The molecule has 2 saturated carbocycles. The van der Waals surface area contributed by atoms with Gasteiger partial charge in [0.25, 0.3) is 0 Å². The van der Waals surface area contributed by atoms with Crippen molar-refractivity contribution in [3.05, 3.63) is 34.9 Å². The van der Waals surface area contributed by atoms with Gasteiger partial charge in [-0.15, -0.1) is 0 Å². The fraction of sp³-hybridized carbons (Fsp3) is 0.667. The molecule has 0 amide bonds. The number of rotatable bonds is 4. The lowest BCUT2D eigenvalue weighted by molar-refractivity contribution is 0.0578. The summed E-state index contributed by atoms with van der Waals surface area (Å²) in [5.41, 5.74) is 1.72. The summed E-state index contributed by atoms with van der Waals surface area (Å²) in [5.74, 6) is 1.82. The first-order chi connectivity index (χ1) is 10.1. The average Bonchev–Trinajstić information content (AvgIpc) is 3.34. The lowest BCUT2D eigenvalue weighted by atomic mass is 9.89. The molecule has 3 fully saturated rings. The second-order valence-electron chi connectivity index (χ2n) is 7.51. The molecule has 1 aromatic carbocycles. The first kappa shape index (κ1) is 14.0. The summed E-state index contributed by atoms with van der Waals surface area (Å²) in [6, 6.07) is 9.13. The Morgan fingerprint density at radius 3 is 2.52 bits per heavy atom. The molecule has 1 N–H and O–H groups in total. The zero-order valence-corrected chi connectivity index (χ0v) is 13.6. The summed E-state index contributed by atoms with van der Waals surface area (Å²) >= 11 is 6.02. The minimum Gasteiger partial charge on any atom is -0.308 e. The Labute approximate surface area is 132 Å². The van der Waals surface area contributed by atoms with Gasteiger partial charge in [0.2, 0.25) is 0 Å². The van der Waals surface area contributed by atoms with Gasteiger partial charge in [0.15, 0.2) is 0 Å². The summed E-state index contributed by atoms with van der Waals surface area (Å²) in [5, 5.41) is 4.72. The third-order valence-electron chi connectivity index (χ3n) is 5.66. The number of hydrogen-bond donors (Lipinski definition) is 1. The summed E-state index contributed by atoms with van der Waals surface area (Å²) in [4.78, 5) is 2.75. The van der Waals surface area contributed by atoms with Gasteiger partial charge in [-0.25, -0.2) is 0 Å². The fourth-order valence-electron chi connectivity index (χ4n) is 4.00. The highest BCUT2D eigenvalue weighted by atomic mass is 35.5. The molecule has 0 spiro atoms. The number of nitrogens with zero attached hydrogens (tertiary/aromatic N) is 1. The second-order valence-corrected chi connectivity index (χ2v) is 7.95. The van der Waals surface area contributed by atoms with Gasteiger partial charge in [-0.3, -0.25) is 4.90 Å². The van der Waals surface area contributed by atoms with Crippen molar-refractivity contribution in [2.24, 2.45) is 11.8 Å². The van der Waals surface area contributed by atoms with Gasteiger partial charge in [-0.2, -0.15) is 0 Å². The Bertz CT molecular complexity index is 506. The molecular weight excluding hydrogens is 280 g/mol. The molecule has 0 bridgehead atoms. The normalized spacial score (nSPS) is 34.1. The van der Waals surface area contributed by atoms with Crippen molar-refractivity contribution in [3.63, 3.8) is 0 Å². The monoisotopic (exact) mass is 304 g/mol. The van der Waals surface area contributed by atoms with Crippen LogP contribution in [0, 0.1) is 11.8 Å². The Hall–Kier alpha value is -0.570. The number of halogens is 1. The minimum absolute atomic E-state index is 0.331. The highest BCUT2D eigenvalue weighted by Gasteiger charge is 2.48. The maximum atomic E-state index is 6.02. The lowest BCUT2D eigenvalue weighted by Gasteiger charge is -2.47. The molecule has 1 saturated heterocycles. The number of piperazine rings is 1. The predicted octanol–water partition coefficient (Wildman–Crippen LogP) is 3.69. The van der Waals surface area contributed by atoms with Crippen molar-refractivity contribution < 1.29 is 0 Å². The van der Waals surface area contributed by atoms with Crippen LogP contribution in [-0.4, -0.2) is 29.6 Å². The van der Waals surface area contributed by atoms with Gasteiger partial charge in [-0.1, -0.05) is 23.7 Å². The van der Waals surface area contributed by atoms with E-state index in [9.17, 15) is 0 Å². The van der Waals surface area contributed by atoms with Crippen LogP contribution >= 0.6 is 11.6 Å². The summed E-state index contributed by atoms with van der Waals surface area (Å²) < 4.78 is 0. The molecule has 2 aliphatic carbocycles. The topological polar surface area (TPSA) is 15.3 Å². The molecule has 114 valence electrons. The molecule has 2 nitrogen and oxygen atoms in total. The molecule has 2 unspecified atom stereocenters. The Balaban J connectivity index is 1.51. The Morgan fingerprint density at radius 1 is 1.19 bits per heavy atom. The van der Waals surface area contributed by atoms with Crippen LogP contribution in [0.25, 0.3) is 0 Å². The van der Waals surface area contributed by atoms with E-state index >= 15 is 0 Å². The summed E-state index contributed by atoms with van der Waals surface area (Å²) in [7, 11) is 0. The third-order valence-corrected chi connectivity index (χ3v) is 5.91. The van der Waals surface area contributed by atoms with Crippen LogP contribution in [-0.2, 0) is 6.54 Å². The average molecular weight is 305 g/mol. The van der Waals surface area contributed by atoms with Gasteiger partial charge in [0, 0.05) is 36.2 Å². The first-order valence-corrected chi connectivity index (χ1v) is 8.75. The van der Waals surface area contributed by atoms with Crippen LogP contribution in [0.1, 0.15) is 38.2 Å². The van der Waals surface area contributed by atoms with E-state index in [1.165, 1.54) is 44.3 Å². The van der Waals surface area contributed by atoms with Crippen LogP contribution in [0.3, 0.4) is 0 Å². The van der Waals surface area contributed by atoms with Crippen LogP contribution in [0.2, 0.25) is 5.02 Å². The summed E-state index contributed by atoms with van der Waals surface area (Å²) in [6.07, 6.45) is 5.66. The zero-order valence-electron chi connectivity index (χ0n) is 12.8. The van der Waals surface area contributed by atoms with E-state index in [4.69, 9.17) is 11.6 Å². The predicted molar refractivity (Wildman–Crippen MR) is 87.5 cm³/mol. The van der Waals surface area contributed by atoms with Crippen molar-refractivity contribution in [1.29, 1.82) is 0 Å². The Kier molecular flexibility index (Phi) is 3.52. The van der Waals surface area contributed by atoms with Crippen molar-refractivity contribution >= 4 is 11.6 Å². The smallest absolute Gasteiger partial charge is 0.0406 e. The quantitative estimate of drug-likeness (QED) is 0.912. The molecule has 4 rings (SSSR count). The van der Waals surface area contributed by atoms with Gasteiger partial charge in [-0.05, 0) is 62.1 Å². The molecule has 0 aromatic heterocycles. The standard InChI is InChI=1S/C18H25ClN2/c1-18(15-6-7-15)12-21(17(10-20-18)14-4-5-14)11-13-2-8-16(19)9-3-13/h2-3,8-9,14-15,17,20H,4-7,10-12H2,1H3. The highest BCUT2D eigenvalue weighted by Crippen LogP contribution is 2.44. The van der Waals surface area contributed by atoms with Gasteiger partial charge in [0.05, 0.1) is 0 Å². The number of nitrogens with one attached hydrogen (secondary N) is 1. The molecule has 1 aromatic rings. The van der Waals surface area contributed by atoms with E-state index in [1.54, 1.807) is 0 Å². The molecule has 1 aliphatic heterocycles. The summed E-state index contributed by atoms with van der Waals surface area (Å²) in [6.45, 7) is 5.87. The SMILES string of the molecule is CC1(C2CC2)CN(Cc2ccc(Cl)cc2)C(C2CC2)CN1. The van der Waals surface area contributed by atoms with Crippen molar-refractivity contribution in [2.45, 2.75) is 50.7 Å². The van der Waals surface area contributed by atoms with E-state index in [2.05, 4.69) is 29.3 Å². The molecule has 2 atom stereocenters. The third kappa shape index (κ3) is 2.99. The molecule has 0 radical (unpaired) electrons.